The number of nitrogens with two attached hydrogens (primary N) is 1. The lowest BCUT2D eigenvalue weighted by molar-refractivity contribution is 0.144. The average molecular weight is 260 g/mol. The third-order valence-electron chi connectivity index (χ3n) is 2.35. The Bertz CT molecular complexity index is 358. The number of methoxy groups -OCH3 is 2. The van der Waals surface area contributed by atoms with E-state index in [0.717, 1.165) is 12.0 Å². The first-order valence-corrected chi connectivity index (χ1v) is 5.79. The average Bonchev–Trinajstić information content (AvgIpc) is 2.35. The third-order valence-corrected chi connectivity index (χ3v) is 2.70. The Kier molecular flexibility index (Phi) is 6.11. The lowest BCUT2D eigenvalue weighted by atomic mass is 10.1. The summed E-state index contributed by atoms with van der Waals surface area (Å²) in [5.41, 5.74) is 6.33. The molecule has 0 aliphatic heterocycles. The van der Waals surface area contributed by atoms with Crippen LogP contribution in [0.5, 0.6) is 11.5 Å². The van der Waals surface area contributed by atoms with Crippen LogP contribution in [0.25, 0.3) is 0 Å². The molecule has 1 rings (SSSR count). The van der Waals surface area contributed by atoms with Gasteiger partial charge in [-0.2, -0.15) is 0 Å². The normalized spacial score (nSPS) is 10.4. The van der Waals surface area contributed by atoms with Crippen LogP contribution in [0.2, 0.25) is 5.02 Å². The van der Waals surface area contributed by atoms with Crippen LogP contribution in [-0.4, -0.2) is 34.0 Å². The molecule has 0 atom stereocenters. The van der Waals surface area contributed by atoms with Gasteiger partial charge in [-0.05, 0) is 18.1 Å². The van der Waals surface area contributed by atoms with Gasteiger partial charge in [0.2, 0.25) is 0 Å². The molecular formula is C12H18ClNO3. The number of rotatable bonds is 7. The highest BCUT2D eigenvalue weighted by atomic mass is 35.5. The zero-order valence-corrected chi connectivity index (χ0v) is 10.9. The molecule has 17 heavy (non-hydrogen) atoms. The van der Waals surface area contributed by atoms with E-state index >= 15 is 0 Å². The van der Waals surface area contributed by atoms with Crippen LogP contribution in [0.4, 0.5) is 0 Å². The standard InChI is InChI=1S/C12H18ClNO3/c1-15-10-4-3-9(5-7-17-8-6-14)12(16-2)11(10)13/h3-4H,5-8,14H2,1-2H3. The van der Waals surface area contributed by atoms with E-state index in [9.17, 15) is 0 Å². The summed E-state index contributed by atoms with van der Waals surface area (Å²) in [7, 11) is 3.16. The van der Waals surface area contributed by atoms with Crippen molar-refractivity contribution in [2.75, 3.05) is 34.0 Å². The predicted molar refractivity (Wildman–Crippen MR) is 68.1 cm³/mol. The van der Waals surface area contributed by atoms with Gasteiger partial charge in [0.05, 0.1) is 27.4 Å². The molecule has 0 heterocycles. The van der Waals surface area contributed by atoms with Crippen LogP contribution in [0.15, 0.2) is 12.1 Å². The number of benzene rings is 1. The highest BCUT2D eigenvalue weighted by Gasteiger charge is 2.12. The molecular weight excluding hydrogens is 242 g/mol. The van der Waals surface area contributed by atoms with E-state index in [1.807, 2.05) is 12.1 Å². The van der Waals surface area contributed by atoms with Crippen molar-refractivity contribution in [1.82, 2.24) is 0 Å². The van der Waals surface area contributed by atoms with Crippen LogP contribution in [-0.2, 0) is 11.2 Å². The maximum atomic E-state index is 6.14. The van der Waals surface area contributed by atoms with Crippen LogP contribution >= 0.6 is 11.6 Å². The Morgan fingerprint density at radius 1 is 1.18 bits per heavy atom. The Balaban J connectivity index is 2.74. The molecule has 1 aromatic carbocycles. The van der Waals surface area contributed by atoms with Gasteiger partial charge in [-0.25, -0.2) is 0 Å². The van der Waals surface area contributed by atoms with Gasteiger partial charge in [-0.1, -0.05) is 17.7 Å². The first-order valence-electron chi connectivity index (χ1n) is 5.41. The Morgan fingerprint density at radius 3 is 2.53 bits per heavy atom. The largest absolute Gasteiger partial charge is 0.495 e. The molecule has 0 spiro atoms. The molecule has 0 saturated heterocycles. The summed E-state index contributed by atoms with van der Waals surface area (Å²) in [6.45, 7) is 1.68. The zero-order valence-electron chi connectivity index (χ0n) is 10.2. The number of hydrogen-bond acceptors (Lipinski definition) is 4. The monoisotopic (exact) mass is 259 g/mol. The summed E-state index contributed by atoms with van der Waals surface area (Å²) in [6, 6.07) is 3.75. The lowest BCUT2D eigenvalue weighted by Gasteiger charge is -2.13. The van der Waals surface area contributed by atoms with E-state index in [-0.39, 0.29) is 0 Å². The minimum absolute atomic E-state index is 0.492. The van der Waals surface area contributed by atoms with E-state index in [0.29, 0.717) is 36.3 Å². The molecule has 0 amide bonds. The van der Waals surface area contributed by atoms with E-state index in [1.54, 1.807) is 14.2 Å². The van der Waals surface area contributed by atoms with Crippen molar-refractivity contribution in [3.63, 3.8) is 0 Å². The maximum absolute atomic E-state index is 6.14. The molecule has 0 aliphatic rings. The van der Waals surface area contributed by atoms with Gasteiger partial charge >= 0.3 is 0 Å². The third kappa shape index (κ3) is 3.77. The second-order valence-electron chi connectivity index (χ2n) is 3.43. The van der Waals surface area contributed by atoms with Gasteiger partial charge in [0.1, 0.15) is 16.5 Å². The molecule has 2 N–H and O–H groups in total. The van der Waals surface area contributed by atoms with Crippen LogP contribution in [0.1, 0.15) is 5.56 Å². The minimum atomic E-state index is 0.492. The molecule has 5 heteroatoms. The predicted octanol–water partition coefficient (Wildman–Crippen LogP) is 1.88. The van der Waals surface area contributed by atoms with Crippen molar-refractivity contribution < 1.29 is 14.2 Å². The molecule has 0 aliphatic carbocycles. The quantitative estimate of drug-likeness (QED) is 0.760. The van der Waals surface area contributed by atoms with Gasteiger partial charge in [0.15, 0.2) is 0 Å². The molecule has 0 unspecified atom stereocenters. The van der Waals surface area contributed by atoms with E-state index in [4.69, 9.17) is 31.5 Å². The summed E-state index contributed by atoms with van der Waals surface area (Å²) in [5, 5.41) is 0.492. The SMILES string of the molecule is COc1ccc(CCOCCN)c(OC)c1Cl. The van der Waals surface area contributed by atoms with Crippen LogP contribution in [0.3, 0.4) is 0 Å². The van der Waals surface area contributed by atoms with Gasteiger partial charge < -0.3 is 19.9 Å². The molecule has 4 nitrogen and oxygen atoms in total. The van der Waals surface area contributed by atoms with Crippen molar-refractivity contribution in [1.29, 1.82) is 0 Å². The summed E-state index contributed by atoms with van der Waals surface area (Å²) < 4.78 is 15.7. The molecule has 0 bridgehead atoms. The molecule has 0 aromatic heterocycles. The van der Waals surface area contributed by atoms with E-state index in [2.05, 4.69) is 0 Å². The maximum Gasteiger partial charge on any atom is 0.144 e. The van der Waals surface area contributed by atoms with Crippen molar-refractivity contribution in [2.24, 2.45) is 5.73 Å². The number of halogens is 1. The highest BCUT2D eigenvalue weighted by molar-refractivity contribution is 6.33. The number of ether oxygens (including phenoxy) is 3. The first-order chi connectivity index (χ1) is 8.24. The Labute approximate surface area is 107 Å². The fraction of sp³-hybridized carbons (Fsp3) is 0.500. The fourth-order valence-corrected chi connectivity index (χ4v) is 1.86. The molecule has 0 fully saturated rings. The second kappa shape index (κ2) is 7.37. The topological polar surface area (TPSA) is 53.7 Å². The van der Waals surface area contributed by atoms with Crippen molar-refractivity contribution in [3.05, 3.63) is 22.7 Å². The highest BCUT2D eigenvalue weighted by Crippen LogP contribution is 2.36. The van der Waals surface area contributed by atoms with Crippen molar-refractivity contribution in [2.45, 2.75) is 6.42 Å². The summed E-state index contributed by atoms with van der Waals surface area (Å²) in [6.07, 6.45) is 0.729. The van der Waals surface area contributed by atoms with Crippen LogP contribution < -0.4 is 15.2 Å². The Hall–Kier alpha value is -0.970. The van der Waals surface area contributed by atoms with Gasteiger partial charge in [0, 0.05) is 6.54 Å². The minimum Gasteiger partial charge on any atom is -0.495 e. The smallest absolute Gasteiger partial charge is 0.144 e. The molecule has 0 saturated carbocycles. The van der Waals surface area contributed by atoms with Gasteiger partial charge in [-0.15, -0.1) is 0 Å². The van der Waals surface area contributed by atoms with E-state index < -0.39 is 0 Å². The van der Waals surface area contributed by atoms with Crippen molar-refractivity contribution in [3.8, 4) is 11.5 Å². The molecule has 1 aromatic rings. The van der Waals surface area contributed by atoms with Crippen LogP contribution in [0, 0.1) is 0 Å². The molecule has 0 radical (unpaired) electrons. The first kappa shape index (κ1) is 14.1. The fourth-order valence-electron chi connectivity index (χ4n) is 1.52. The second-order valence-corrected chi connectivity index (χ2v) is 3.80. The van der Waals surface area contributed by atoms with E-state index in [1.165, 1.54) is 0 Å². The summed E-state index contributed by atoms with van der Waals surface area (Å²) in [4.78, 5) is 0. The zero-order chi connectivity index (χ0) is 12.7. The Morgan fingerprint density at radius 2 is 1.94 bits per heavy atom. The lowest BCUT2D eigenvalue weighted by Crippen LogP contribution is -2.10. The number of hydrogen-bond donors (Lipinski definition) is 1. The molecule has 96 valence electrons. The summed E-state index contributed by atoms with van der Waals surface area (Å²) >= 11 is 6.14. The van der Waals surface area contributed by atoms with Gasteiger partial charge in [-0.3, -0.25) is 0 Å². The summed E-state index contributed by atoms with van der Waals surface area (Å²) in [5.74, 6) is 1.25. The van der Waals surface area contributed by atoms with Gasteiger partial charge in [0.25, 0.3) is 0 Å². The van der Waals surface area contributed by atoms with Crippen molar-refractivity contribution >= 4 is 11.6 Å².